The number of aryl methyl sites for hydroxylation is 1. The highest BCUT2D eigenvalue weighted by molar-refractivity contribution is 7.91. The third kappa shape index (κ3) is 17.2. The van der Waals surface area contributed by atoms with Crippen molar-refractivity contribution < 1.29 is 68.6 Å². The molecule has 6 aromatic carbocycles. The predicted molar refractivity (Wildman–Crippen MR) is 277 cm³/mol. The van der Waals surface area contributed by atoms with Crippen LogP contribution in [0.4, 0.5) is 26.3 Å². The van der Waals surface area contributed by atoms with E-state index < -0.39 is 57.3 Å². The number of esters is 1. The topological polar surface area (TPSA) is 159 Å². The van der Waals surface area contributed by atoms with Crippen molar-refractivity contribution in [2.45, 2.75) is 69.8 Å². The maximum Gasteiger partial charge on any atom is 0.325 e. The fourth-order valence-electron chi connectivity index (χ4n) is 7.77. The summed E-state index contributed by atoms with van der Waals surface area (Å²) in [6.45, 7) is 6.64. The van der Waals surface area contributed by atoms with Crippen LogP contribution in [0.5, 0.6) is 0 Å². The highest BCUT2D eigenvalue weighted by Gasteiger charge is 2.23. The number of halogens is 6. The molecule has 1 N–H and O–H groups in total. The van der Waals surface area contributed by atoms with Crippen molar-refractivity contribution in [1.82, 2.24) is 9.13 Å². The van der Waals surface area contributed by atoms with Crippen LogP contribution in [0.25, 0.3) is 22.5 Å². The molecular formula is C59H52F6N2O9S. The van der Waals surface area contributed by atoms with Crippen molar-refractivity contribution in [3.8, 4) is 22.5 Å². The van der Waals surface area contributed by atoms with Gasteiger partial charge < -0.3 is 23.8 Å². The number of carboxylic acids is 1. The number of sulfone groups is 1. The number of carbonyl (C=O) groups excluding carboxylic acids is 4. The molecule has 0 fully saturated rings. The van der Waals surface area contributed by atoms with Gasteiger partial charge in [0.1, 0.15) is 60.1 Å². The Bertz CT molecular complexity index is 3430. The van der Waals surface area contributed by atoms with Crippen molar-refractivity contribution >= 4 is 39.6 Å². The van der Waals surface area contributed by atoms with Gasteiger partial charge in [-0.2, -0.15) is 0 Å². The number of benzene rings is 6. The Labute approximate surface area is 440 Å². The molecule has 0 bridgehead atoms. The Hall–Kier alpha value is -8.64. The molecule has 18 heteroatoms. The summed E-state index contributed by atoms with van der Waals surface area (Å²) in [5.74, 6) is -5.74. The van der Waals surface area contributed by atoms with Crippen LogP contribution in [-0.4, -0.2) is 59.1 Å². The van der Waals surface area contributed by atoms with E-state index in [1.54, 1.807) is 85.1 Å². The summed E-state index contributed by atoms with van der Waals surface area (Å²) in [6, 6.07) is 37.8. The minimum absolute atomic E-state index is 0.0116. The molecule has 2 heterocycles. The first-order valence-corrected chi connectivity index (χ1v) is 25.1. The van der Waals surface area contributed by atoms with Crippen LogP contribution in [0.1, 0.15) is 69.9 Å². The third-order valence-corrected chi connectivity index (χ3v) is 13.3. The summed E-state index contributed by atoms with van der Waals surface area (Å²) < 4.78 is 113. The zero-order valence-corrected chi connectivity index (χ0v) is 42.9. The van der Waals surface area contributed by atoms with Crippen LogP contribution < -0.4 is 0 Å². The number of nitrogens with zero attached hydrogens (tertiary/aromatic N) is 2. The van der Waals surface area contributed by atoms with Crippen LogP contribution in [0.2, 0.25) is 0 Å². The number of Topliss-reactive ketones (excluding diaryl/α,β-unsaturated/α-hetero) is 2. The van der Waals surface area contributed by atoms with Crippen LogP contribution in [0, 0.1) is 48.8 Å². The van der Waals surface area contributed by atoms with Crippen molar-refractivity contribution in [3.05, 3.63) is 226 Å². The van der Waals surface area contributed by atoms with Crippen LogP contribution in [0.3, 0.4) is 0 Å². The number of rotatable bonds is 16. The van der Waals surface area contributed by atoms with E-state index in [0.717, 1.165) is 42.1 Å². The maximum atomic E-state index is 13.9. The number of hydrogen-bond donors (Lipinski definition) is 1. The summed E-state index contributed by atoms with van der Waals surface area (Å²) in [5, 5.41) is 9.40. The van der Waals surface area contributed by atoms with Gasteiger partial charge in [-0.3, -0.25) is 19.2 Å². The van der Waals surface area contributed by atoms with E-state index in [-0.39, 0.29) is 51.4 Å². The zero-order chi connectivity index (χ0) is 56.4. The second kappa shape index (κ2) is 27.8. The molecule has 0 atom stereocenters. The van der Waals surface area contributed by atoms with Gasteiger partial charge in [-0.1, -0.05) is 66.7 Å². The summed E-state index contributed by atoms with van der Waals surface area (Å²) in [4.78, 5) is 55.4. The van der Waals surface area contributed by atoms with Gasteiger partial charge in [-0.15, -0.1) is 0 Å². The number of carboxylic acid groups (broad SMARTS) is 1. The molecule has 0 radical (unpaired) electrons. The molecule has 0 saturated heterocycles. The Morgan fingerprint density at radius 1 is 0.584 bits per heavy atom. The van der Waals surface area contributed by atoms with Crippen LogP contribution >= 0.6 is 0 Å². The number of aromatic nitrogens is 2. The number of hydrogen-bond acceptors (Lipinski definition) is 8. The highest BCUT2D eigenvalue weighted by atomic mass is 32.2. The fourth-order valence-corrected chi connectivity index (χ4v) is 9.29. The molecule has 0 aliphatic carbocycles. The first-order chi connectivity index (χ1) is 36.6. The van der Waals surface area contributed by atoms with E-state index in [0.29, 0.717) is 71.1 Å². The van der Waals surface area contributed by atoms with Gasteiger partial charge in [-0.25, -0.2) is 34.8 Å². The molecule has 0 saturated carbocycles. The van der Waals surface area contributed by atoms with E-state index in [2.05, 4.69) is 0 Å². The van der Waals surface area contributed by atoms with Crippen molar-refractivity contribution in [2.75, 3.05) is 6.61 Å². The molecule has 0 unspecified atom stereocenters. The quantitative estimate of drug-likeness (QED) is 0.0430. The lowest BCUT2D eigenvalue weighted by Gasteiger charge is -2.12. The number of carbonyl (C=O) groups is 5. The number of aldehydes is 1. The molecule has 0 aliphatic heterocycles. The molecule has 8 aromatic rings. The monoisotopic (exact) mass is 1080 g/mol. The van der Waals surface area contributed by atoms with E-state index in [4.69, 9.17) is 4.74 Å². The lowest BCUT2D eigenvalue weighted by atomic mass is 10.0. The highest BCUT2D eigenvalue weighted by Crippen LogP contribution is 2.32. The SMILES string of the molecule is CC(=O)CCC(=O)c1ccccc1.CCOC(=O)Cn1c(C)ccc1-c1cc(F)cc(F)c1.Cc1c(Cc2ccccc2S(=O)(=O)c2ccccc2)cc(-c2cc(F)cc(F)c2)n1CC(=O)O.O=Cc1cc(F)cc(F)c1. The normalized spacial score (nSPS) is 10.7. The molecule has 0 spiro atoms. The van der Waals surface area contributed by atoms with Gasteiger partial charge in [0.25, 0.3) is 0 Å². The predicted octanol–water partition coefficient (Wildman–Crippen LogP) is 12.6. The van der Waals surface area contributed by atoms with Crippen LogP contribution in [-0.2, 0) is 48.5 Å². The molecule has 2 aromatic heterocycles. The Morgan fingerprint density at radius 2 is 1.09 bits per heavy atom. The lowest BCUT2D eigenvalue weighted by molar-refractivity contribution is -0.144. The van der Waals surface area contributed by atoms with E-state index in [9.17, 15) is 63.8 Å². The molecule has 400 valence electrons. The van der Waals surface area contributed by atoms with Gasteiger partial charge in [-0.05, 0) is 112 Å². The minimum atomic E-state index is -3.79. The fraction of sp³-hybridized carbons (Fsp3) is 0.169. The van der Waals surface area contributed by atoms with Crippen molar-refractivity contribution in [1.29, 1.82) is 0 Å². The number of ether oxygens (including phenoxy) is 1. The zero-order valence-electron chi connectivity index (χ0n) is 42.1. The standard InChI is InChI=1S/C26H21F2NO4S.C15H15F2NO2.C11H12O2.C7H4F2O/c1-17-19(14-24(29(17)16-26(30)31)20-12-21(27)15-22(28)13-20)11-18-7-5-6-10-25(18)34(32,33)23-8-3-2-4-9-23;1-3-20-15(19)9-18-10(2)4-5-14(18)11-6-12(16)8-13(17)7-11;1-9(12)7-8-11(13)10-5-3-2-4-6-10;8-6-1-5(4-10)2-7(9)3-6/h2-10,12-15H,11,16H2,1H3,(H,30,31);4-8H,3,9H2,1-2H3;2-6H,7-8H2,1H3;1-4H. The molecule has 0 aliphatic rings. The Balaban J connectivity index is 0.000000213. The summed E-state index contributed by atoms with van der Waals surface area (Å²) in [7, 11) is -3.79. The summed E-state index contributed by atoms with van der Waals surface area (Å²) in [5.41, 5.74) is 4.74. The third-order valence-electron chi connectivity index (χ3n) is 11.4. The second-order valence-corrected chi connectivity index (χ2v) is 19.0. The van der Waals surface area contributed by atoms with E-state index in [1.165, 1.54) is 41.8 Å². The number of aliphatic carboxylic acids is 1. The van der Waals surface area contributed by atoms with Crippen molar-refractivity contribution in [3.63, 3.8) is 0 Å². The number of ketones is 2. The Kier molecular flexibility index (Phi) is 21.4. The van der Waals surface area contributed by atoms with Crippen molar-refractivity contribution in [2.24, 2.45) is 0 Å². The maximum absolute atomic E-state index is 13.9. The summed E-state index contributed by atoms with van der Waals surface area (Å²) >= 11 is 0. The summed E-state index contributed by atoms with van der Waals surface area (Å²) in [6.07, 6.45) is 1.24. The average molecular weight is 1080 g/mol. The molecule has 11 nitrogen and oxygen atoms in total. The largest absolute Gasteiger partial charge is 0.480 e. The Morgan fingerprint density at radius 3 is 1.61 bits per heavy atom. The van der Waals surface area contributed by atoms with Gasteiger partial charge in [0, 0.05) is 82.5 Å². The first-order valence-electron chi connectivity index (χ1n) is 23.6. The lowest BCUT2D eigenvalue weighted by Crippen LogP contribution is -2.15. The molecule has 8 rings (SSSR count). The first kappa shape index (κ1) is 59.2. The van der Waals surface area contributed by atoms with Gasteiger partial charge in [0.05, 0.1) is 16.4 Å². The van der Waals surface area contributed by atoms with Gasteiger partial charge in [0.2, 0.25) is 9.84 Å². The average Bonchev–Trinajstić information content (AvgIpc) is 3.89. The molecular weight excluding hydrogens is 1030 g/mol. The smallest absolute Gasteiger partial charge is 0.325 e. The minimum Gasteiger partial charge on any atom is -0.480 e. The van der Waals surface area contributed by atoms with Gasteiger partial charge >= 0.3 is 11.9 Å². The van der Waals surface area contributed by atoms with E-state index in [1.807, 2.05) is 25.1 Å². The van der Waals surface area contributed by atoms with E-state index >= 15 is 0 Å². The van der Waals surface area contributed by atoms with Crippen LogP contribution in [0.15, 0.2) is 168 Å². The second-order valence-electron chi connectivity index (χ2n) is 17.1. The molecule has 77 heavy (non-hydrogen) atoms. The van der Waals surface area contributed by atoms with Gasteiger partial charge in [0.15, 0.2) is 5.78 Å². The molecule has 0 amide bonds.